The first-order valence-corrected chi connectivity index (χ1v) is 5.67. The van der Waals surface area contributed by atoms with Crippen LogP contribution in [0.5, 0.6) is 0 Å². The summed E-state index contributed by atoms with van der Waals surface area (Å²) in [4.78, 5) is 11.2. The van der Waals surface area contributed by atoms with E-state index in [0.717, 1.165) is 12.4 Å². The van der Waals surface area contributed by atoms with Gasteiger partial charge in [-0.05, 0) is 38.9 Å². The number of piperidine rings is 1. The number of likely N-dealkylation sites (tertiary alicyclic amines) is 1. The third-order valence-corrected chi connectivity index (χ3v) is 3.80. The van der Waals surface area contributed by atoms with Gasteiger partial charge >= 0.3 is 0 Å². The number of hydrogen-bond donors (Lipinski definition) is 0. The molecular weight excluding hydrogens is 186 g/mol. The normalized spacial score (nSPS) is 32.9. The van der Waals surface area contributed by atoms with Gasteiger partial charge in [0.1, 0.15) is 5.82 Å². The fraction of sp³-hybridized carbons (Fsp3) is 0.667. The summed E-state index contributed by atoms with van der Waals surface area (Å²) in [5.41, 5.74) is 0. The van der Waals surface area contributed by atoms with E-state index in [0.29, 0.717) is 17.9 Å². The summed E-state index contributed by atoms with van der Waals surface area (Å²) in [5, 5.41) is 0. The van der Waals surface area contributed by atoms with E-state index in [2.05, 4.69) is 35.8 Å². The molecule has 0 radical (unpaired) electrons. The standard InChI is InChI=1S/C12H19N3/c1-9-10(2)15(3)8-5-11(9)12-13-6-4-7-14-12/h4,6-7,9-11H,5,8H2,1-3H3. The molecular formula is C12H19N3. The van der Waals surface area contributed by atoms with Crippen LogP contribution < -0.4 is 0 Å². The van der Waals surface area contributed by atoms with Crippen LogP contribution in [0.4, 0.5) is 0 Å². The Bertz CT molecular complexity index is 312. The fourth-order valence-electron chi connectivity index (χ4n) is 2.41. The quantitative estimate of drug-likeness (QED) is 0.701. The molecule has 15 heavy (non-hydrogen) atoms. The molecule has 1 saturated heterocycles. The van der Waals surface area contributed by atoms with Crippen LogP contribution in [0.15, 0.2) is 18.5 Å². The molecule has 3 unspecified atom stereocenters. The Hall–Kier alpha value is -0.960. The van der Waals surface area contributed by atoms with Crippen LogP contribution in [-0.2, 0) is 0 Å². The molecule has 0 bridgehead atoms. The Labute approximate surface area is 91.5 Å². The lowest BCUT2D eigenvalue weighted by Gasteiger charge is -2.40. The van der Waals surface area contributed by atoms with Crippen molar-refractivity contribution in [3.63, 3.8) is 0 Å². The molecule has 3 nitrogen and oxygen atoms in total. The van der Waals surface area contributed by atoms with Crippen molar-refractivity contribution >= 4 is 0 Å². The van der Waals surface area contributed by atoms with Gasteiger partial charge in [0.05, 0.1) is 0 Å². The second-order valence-corrected chi connectivity index (χ2v) is 4.58. The molecule has 82 valence electrons. The van der Waals surface area contributed by atoms with Gasteiger partial charge in [-0.3, -0.25) is 0 Å². The van der Waals surface area contributed by atoms with Gasteiger partial charge in [-0.2, -0.15) is 0 Å². The molecule has 0 amide bonds. The van der Waals surface area contributed by atoms with E-state index in [1.165, 1.54) is 6.42 Å². The van der Waals surface area contributed by atoms with E-state index < -0.39 is 0 Å². The summed E-state index contributed by atoms with van der Waals surface area (Å²) in [6.45, 7) is 5.75. The second-order valence-electron chi connectivity index (χ2n) is 4.58. The van der Waals surface area contributed by atoms with Crippen molar-refractivity contribution in [3.8, 4) is 0 Å². The molecule has 1 aromatic heterocycles. The SMILES string of the molecule is CC1C(c2ncccn2)CCN(C)C1C. The summed E-state index contributed by atoms with van der Waals surface area (Å²) < 4.78 is 0. The predicted molar refractivity (Wildman–Crippen MR) is 60.6 cm³/mol. The predicted octanol–water partition coefficient (Wildman–Crippen LogP) is 1.92. The Morgan fingerprint density at radius 2 is 1.93 bits per heavy atom. The van der Waals surface area contributed by atoms with Crippen molar-refractivity contribution in [2.75, 3.05) is 13.6 Å². The van der Waals surface area contributed by atoms with Crippen LogP contribution in [0.1, 0.15) is 32.0 Å². The smallest absolute Gasteiger partial charge is 0.131 e. The van der Waals surface area contributed by atoms with E-state index in [4.69, 9.17) is 0 Å². The molecule has 3 heteroatoms. The Balaban J connectivity index is 2.17. The zero-order valence-electron chi connectivity index (χ0n) is 9.72. The van der Waals surface area contributed by atoms with Crippen LogP contribution in [0, 0.1) is 5.92 Å². The Morgan fingerprint density at radius 1 is 1.27 bits per heavy atom. The molecule has 0 aromatic carbocycles. The van der Waals surface area contributed by atoms with Gasteiger partial charge in [0, 0.05) is 24.4 Å². The molecule has 1 aromatic rings. The van der Waals surface area contributed by atoms with Crippen LogP contribution >= 0.6 is 0 Å². The molecule has 0 spiro atoms. The third kappa shape index (κ3) is 2.02. The third-order valence-electron chi connectivity index (χ3n) is 3.80. The monoisotopic (exact) mass is 205 g/mol. The van der Waals surface area contributed by atoms with E-state index in [9.17, 15) is 0 Å². The number of nitrogens with zero attached hydrogens (tertiary/aromatic N) is 3. The molecule has 0 N–H and O–H groups in total. The number of hydrogen-bond acceptors (Lipinski definition) is 3. The number of rotatable bonds is 1. The minimum absolute atomic E-state index is 0.525. The van der Waals surface area contributed by atoms with Crippen LogP contribution in [-0.4, -0.2) is 34.5 Å². The van der Waals surface area contributed by atoms with Crippen molar-refractivity contribution in [1.82, 2.24) is 14.9 Å². The topological polar surface area (TPSA) is 29.0 Å². The van der Waals surface area contributed by atoms with Gasteiger partial charge in [0.2, 0.25) is 0 Å². The maximum atomic E-state index is 4.38. The van der Waals surface area contributed by atoms with E-state index in [-0.39, 0.29) is 0 Å². The number of aromatic nitrogens is 2. The summed E-state index contributed by atoms with van der Waals surface area (Å²) in [6.07, 6.45) is 4.86. The minimum Gasteiger partial charge on any atom is -0.303 e. The van der Waals surface area contributed by atoms with Gasteiger partial charge in [0.15, 0.2) is 0 Å². The molecule has 2 rings (SSSR count). The maximum absolute atomic E-state index is 4.38. The second kappa shape index (κ2) is 4.27. The molecule has 1 fully saturated rings. The van der Waals surface area contributed by atoms with Gasteiger partial charge in [-0.1, -0.05) is 6.92 Å². The van der Waals surface area contributed by atoms with Crippen molar-refractivity contribution in [2.45, 2.75) is 32.2 Å². The summed E-state index contributed by atoms with van der Waals surface area (Å²) in [5.74, 6) is 2.17. The summed E-state index contributed by atoms with van der Waals surface area (Å²) >= 11 is 0. The highest BCUT2D eigenvalue weighted by Crippen LogP contribution is 2.33. The van der Waals surface area contributed by atoms with E-state index >= 15 is 0 Å². The van der Waals surface area contributed by atoms with Crippen molar-refractivity contribution < 1.29 is 0 Å². The lowest BCUT2D eigenvalue weighted by Crippen LogP contribution is -2.43. The first-order valence-electron chi connectivity index (χ1n) is 5.67. The average Bonchev–Trinajstić information content (AvgIpc) is 2.27. The molecule has 3 atom stereocenters. The van der Waals surface area contributed by atoms with E-state index in [1.807, 2.05) is 18.5 Å². The molecule has 2 heterocycles. The van der Waals surface area contributed by atoms with Crippen molar-refractivity contribution in [3.05, 3.63) is 24.3 Å². The average molecular weight is 205 g/mol. The highest BCUT2D eigenvalue weighted by Gasteiger charge is 2.32. The van der Waals surface area contributed by atoms with Crippen molar-refractivity contribution in [1.29, 1.82) is 0 Å². The zero-order chi connectivity index (χ0) is 10.8. The van der Waals surface area contributed by atoms with Gasteiger partial charge in [0.25, 0.3) is 0 Å². The zero-order valence-corrected chi connectivity index (χ0v) is 9.72. The van der Waals surface area contributed by atoms with E-state index in [1.54, 1.807) is 0 Å². The van der Waals surface area contributed by atoms with Gasteiger partial charge in [-0.15, -0.1) is 0 Å². The first-order chi connectivity index (χ1) is 7.20. The highest BCUT2D eigenvalue weighted by atomic mass is 15.1. The first kappa shape index (κ1) is 10.6. The molecule has 0 saturated carbocycles. The maximum Gasteiger partial charge on any atom is 0.131 e. The van der Waals surface area contributed by atoms with Crippen LogP contribution in [0.2, 0.25) is 0 Å². The fourth-order valence-corrected chi connectivity index (χ4v) is 2.41. The highest BCUT2D eigenvalue weighted by molar-refractivity contribution is 5.03. The van der Waals surface area contributed by atoms with Crippen LogP contribution in [0.3, 0.4) is 0 Å². The lowest BCUT2D eigenvalue weighted by molar-refractivity contribution is 0.121. The molecule has 0 aliphatic carbocycles. The lowest BCUT2D eigenvalue weighted by atomic mass is 9.81. The van der Waals surface area contributed by atoms with Gasteiger partial charge in [-0.25, -0.2) is 9.97 Å². The summed E-state index contributed by atoms with van der Waals surface area (Å²) in [7, 11) is 2.20. The summed E-state index contributed by atoms with van der Waals surface area (Å²) in [6, 6.07) is 2.50. The Morgan fingerprint density at radius 3 is 2.60 bits per heavy atom. The Kier molecular flexibility index (Phi) is 3.00. The van der Waals surface area contributed by atoms with Crippen LogP contribution in [0.25, 0.3) is 0 Å². The molecule has 1 aliphatic heterocycles. The molecule has 1 aliphatic rings. The van der Waals surface area contributed by atoms with Crippen molar-refractivity contribution in [2.24, 2.45) is 5.92 Å². The minimum atomic E-state index is 0.525. The largest absolute Gasteiger partial charge is 0.303 e. The van der Waals surface area contributed by atoms with Gasteiger partial charge < -0.3 is 4.90 Å².